The lowest BCUT2D eigenvalue weighted by Gasteiger charge is -2.27. The lowest BCUT2D eigenvalue weighted by molar-refractivity contribution is -0.870. The van der Waals surface area contributed by atoms with E-state index in [0.29, 0.717) is 23.9 Å². The van der Waals surface area contributed by atoms with Gasteiger partial charge < -0.3 is 19.4 Å². The highest BCUT2D eigenvalue weighted by molar-refractivity contribution is 7.47. The molecule has 0 aromatic rings. The predicted molar refractivity (Wildman–Crippen MR) is 313 cm³/mol. The van der Waals surface area contributed by atoms with Crippen LogP contribution < -0.4 is 5.32 Å². The second-order valence-corrected chi connectivity index (χ2v) is 21.9. The molecule has 418 valence electrons. The number of quaternary nitrogens is 1. The summed E-state index contributed by atoms with van der Waals surface area (Å²) < 4.78 is 30.6. The number of carbonyl (C=O) groups is 2. The van der Waals surface area contributed by atoms with Crippen molar-refractivity contribution in [1.82, 2.24) is 5.32 Å². The molecule has 0 heterocycles. The summed E-state index contributed by atoms with van der Waals surface area (Å²) in [4.78, 5) is 37.6. The molecule has 0 saturated carbocycles. The Balaban J connectivity index is 5.39. The lowest BCUT2D eigenvalue weighted by atomic mass is 10.1. The normalized spacial score (nSPS) is 14.6. The van der Waals surface area contributed by atoms with E-state index in [4.69, 9.17) is 13.8 Å². The highest BCUT2D eigenvalue weighted by Gasteiger charge is 2.30. The quantitative estimate of drug-likeness (QED) is 0.0156. The van der Waals surface area contributed by atoms with Crippen LogP contribution in [-0.2, 0) is 27.9 Å². The average molecular weight is 1040 g/mol. The molecule has 0 saturated heterocycles. The third-order valence-corrected chi connectivity index (χ3v) is 13.2. The van der Waals surface area contributed by atoms with Gasteiger partial charge in [0.2, 0.25) is 5.91 Å². The Morgan fingerprint density at radius 2 is 0.918 bits per heavy atom. The fourth-order valence-electron chi connectivity index (χ4n) is 7.70. The summed E-state index contributed by atoms with van der Waals surface area (Å²) in [6.07, 6.45) is 70.9. The Labute approximate surface area is 449 Å². The van der Waals surface area contributed by atoms with Crippen LogP contribution in [-0.4, -0.2) is 74.3 Å². The maximum atomic E-state index is 13.5. The molecule has 3 unspecified atom stereocenters. The second kappa shape index (κ2) is 52.1. The van der Waals surface area contributed by atoms with E-state index >= 15 is 0 Å². The summed E-state index contributed by atoms with van der Waals surface area (Å²) >= 11 is 0. The number of amides is 1. The number of nitrogens with zero attached hydrogens (tertiary/aromatic N) is 1. The molecule has 0 aromatic carbocycles. The van der Waals surface area contributed by atoms with Crippen molar-refractivity contribution >= 4 is 19.7 Å². The first-order chi connectivity index (χ1) is 35.4. The van der Waals surface area contributed by atoms with Crippen LogP contribution in [0.4, 0.5) is 0 Å². The maximum Gasteiger partial charge on any atom is 0.472 e. The fraction of sp³-hybridized carbons (Fsp3) is 0.683. The van der Waals surface area contributed by atoms with E-state index in [2.05, 4.69) is 123 Å². The smallest absolute Gasteiger partial charge is 0.456 e. The third kappa shape index (κ3) is 53.3. The molecular weight excluding hydrogens is 928 g/mol. The summed E-state index contributed by atoms with van der Waals surface area (Å²) in [6.45, 7) is 6.80. The number of esters is 1. The minimum Gasteiger partial charge on any atom is -0.456 e. The number of likely N-dealkylation sites (N-methyl/N-ethyl adjacent to an activating group) is 1. The first-order valence-corrected chi connectivity index (χ1v) is 30.7. The van der Waals surface area contributed by atoms with Crippen molar-refractivity contribution in [3.63, 3.8) is 0 Å². The molecule has 0 aliphatic heterocycles. The SMILES string of the molecule is CC/C=C\C/C=C\C/C=C\C/C=C\C/C=C\C/C=C\CCCCC(=O)NC(COP(=O)(O)OCC[N+](C)(C)C)C(/C=C\CCCCCCCCCCC)OC(=O)CCCCCCCC/C=C/C=C/CCCCC. The standard InChI is InChI=1S/C63H109N2O7P/c1-7-10-13-16-19-22-25-27-29-30-31-32-33-34-36-37-40-43-46-49-52-55-62(66)64-60(59-71-73(68,69)70-58-57-65(4,5)6)61(54-51-48-45-42-39-24-21-18-15-12-9-3)72-63(67)56-53-50-47-44-41-38-35-28-26-23-20-17-14-11-8-2/h10,13,19-20,22-23,26-29,31-32,34,36,40,43,51,54,60-61H,7-9,11-12,14-18,21,24-25,30,33,35,37-39,41-42,44-50,52-53,55-59H2,1-6H3,(H-,64,66,68,69)/p+1/b13-10-,22-19-,23-20+,28-26+,29-27-,32-31-,36-34-,43-40-,54-51-. The number of ether oxygens (including phenoxy) is 1. The van der Waals surface area contributed by atoms with Crippen molar-refractivity contribution in [2.24, 2.45) is 0 Å². The average Bonchev–Trinajstić information content (AvgIpc) is 3.35. The molecule has 0 radical (unpaired) electrons. The zero-order chi connectivity index (χ0) is 53.6. The topological polar surface area (TPSA) is 111 Å². The van der Waals surface area contributed by atoms with Crippen LogP contribution in [0.15, 0.2) is 109 Å². The van der Waals surface area contributed by atoms with Crippen molar-refractivity contribution < 1.29 is 37.3 Å². The molecule has 1 amide bonds. The van der Waals surface area contributed by atoms with Gasteiger partial charge in [-0.25, -0.2) is 4.57 Å². The number of nitrogens with one attached hydrogen (secondary N) is 1. The van der Waals surface area contributed by atoms with Crippen LogP contribution in [0.5, 0.6) is 0 Å². The van der Waals surface area contributed by atoms with Crippen LogP contribution >= 0.6 is 7.82 Å². The van der Waals surface area contributed by atoms with E-state index in [9.17, 15) is 19.0 Å². The van der Waals surface area contributed by atoms with Gasteiger partial charge in [-0.15, -0.1) is 0 Å². The minimum absolute atomic E-state index is 0.0238. The number of allylic oxidation sites excluding steroid dienone is 17. The van der Waals surface area contributed by atoms with Gasteiger partial charge in [0.1, 0.15) is 19.3 Å². The van der Waals surface area contributed by atoms with E-state index in [1.807, 2.05) is 33.3 Å². The molecule has 0 aromatic heterocycles. The molecule has 0 aliphatic rings. The summed E-state index contributed by atoms with van der Waals surface area (Å²) in [7, 11) is 1.44. The second-order valence-electron chi connectivity index (χ2n) is 20.5. The number of phosphoric ester groups is 1. The van der Waals surface area contributed by atoms with E-state index in [1.54, 1.807) is 0 Å². The highest BCUT2D eigenvalue weighted by atomic mass is 31.2. The summed E-state index contributed by atoms with van der Waals surface area (Å²) in [5.74, 6) is -0.578. The van der Waals surface area contributed by atoms with Crippen molar-refractivity contribution in [3.8, 4) is 0 Å². The summed E-state index contributed by atoms with van der Waals surface area (Å²) in [6, 6.07) is -0.882. The van der Waals surface area contributed by atoms with Gasteiger partial charge in [0, 0.05) is 12.8 Å². The van der Waals surface area contributed by atoms with Crippen LogP contribution in [0.3, 0.4) is 0 Å². The number of hydrogen-bond donors (Lipinski definition) is 2. The van der Waals surface area contributed by atoms with Gasteiger partial charge in [-0.1, -0.05) is 214 Å². The zero-order valence-corrected chi connectivity index (χ0v) is 48.5. The summed E-state index contributed by atoms with van der Waals surface area (Å²) in [5.41, 5.74) is 0. The Hall–Kier alpha value is -3.33. The van der Waals surface area contributed by atoms with Crippen molar-refractivity contribution in [2.75, 3.05) is 40.9 Å². The predicted octanol–water partition coefficient (Wildman–Crippen LogP) is 17.8. The monoisotopic (exact) mass is 1040 g/mol. The molecular formula is C63H110N2O7P+. The van der Waals surface area contributed by atoms with Gasteiger partial charge in [0.25, 0.3) is 0 Å². The number of hydrogen-bond acceptors (Lipinski definition) is 6. The zero-order valence-electron chi connectivity index (χ0n) is 47.6. The molecule has 2 N–H and O–H groups in total. The molecule has 3 atom stereocenters. The Kier molecular flexibility index (Phi) is 49.7. The number of phosphoric acid groups is 1. The highest BCUT2D eigenvalue weighted by Crippen LogP contribution is 2.43. The van der Waals surface area contributed by atoms with Gasteiger partial charge in [-0.2, -0.15) is 0 Å². The lowest BCUT2D eigenvalue weighted by Crippen LogP contribution is -2.47. The van der Waals surface area contributed by atoms with Crippen LogP contribution in [0, 0.1) is 0 Å². The molecule has 10 heteroatoms. The van der Waals surface area contributed by atoms with E-state index < -0.39 is 20.0 Å². The van der Waals surface area contributed by atoms with Crippen LogP contribution in [0.2, 0.25) is 0 Å². The molecule has 9 nitrogen and oxygen atoms in total. The van der Waals surface area contributed by atoms with E-state index in [1.165, 1.54) is 70.6 Å². The Bertz CT molecular complexity index is 1620. The molecule has 0 aliphatic carbocycles. The minimum atomic E-state index is -4.47. The first kappa shape index (κ1) is 69.7. The third-order valence-electron chi connectivity index (χ3n) is 12.2. The number of rotatable bonds is 51. The molecule has 0 fully saturated rings. The Morgan fingerprint density at radius 1 is 0.507 bits per heavy atom. The molecule has 73 heavy (non-hydrogen) atoms. The molecule has 0 rings (SSSR count). The van der Waals surface area contributed by atoms with Gasteiger partial charge >= 0.3 is 13.8 Å². The van der Waals surface area contributed by atoms with Gasteiger partial charge in [-0.3, -0.25) is 18.6 Å². The van der Waals surface area contributed by atoms with Gasteiger partial charge in [0.05, 0.1) is 33.8 Å². The number of carbonyl (C=O) groups excluding carboxylic acids is 2. The fourth-order valence-corrected chi connectivity index (χ4v) is 8.43. The molecule has 0 spiro atoms. The van der Waals surface area contributed by atoms with Crippen LogP contribution in [0.1, 0.15) is 226 Å². The molecule has 0 bridgehead atoms. The van der Waals surface area contributed by atoms with E-state index in [-0.39, 0.29) is 37.9 Å². The van der Waals surface area contributed by atoms with Gasteiger partial charge in [0.15, 0.2) is 0 Å². The first-order valence-electron chi connectivity index (χ1n) is 29.2. The maximum absolute atomic E-state index is 13.5. The van der Waals surface area contributed by atoms with Crippen molar-refractivity contribution in [1.29, 1.82) is 0 Å². The van der Waals surface area contributed by atoms with Crippen LogP contribution in [0.25, 0.3) is 0 Å². The van der Waals surface area contributed by atoms with Gasteiger partial charge in [-0.05, 0) is 109 Å². The Morgan fingerprint density at radius 3 is 1.44 bits per heavy atom. The van der Waals surface area contributed by atoms with E-state index in [0.717, 1.165) is 109 Å². The van der Waals surface area contributed by atoms with Crippen molar-refractivity contribution in [3.05, 3.63) is 109 Å². The largest absolute Gasteiger partial charge is 0.472 e. The summed E-state index contributed by atoms with van der Waals surface area (Å²) in [5, 5.41) is 3.02. The number of unbranched alkanes of at least 4 members (excludes halogenated alkanes) is 20. The van der Waals surface area contributed by atoms with Crippen molar-refractivity contribution in [2.45, 2.75) is 238 Å².